The van der Waals surface area contributed by atoms with Crippen LogP contribution in [0, 0.1) is 0 Å². The molecule has 1 aliphatic carbocycles. The molecule has 0 spiro atoms. The zero-order valence-electron chi connectivity index (χ0n) is 20.8. The smallest absolute Gasteiger partial charge is 0.254 e. The van der Waals surface area contributed by atoms with Gasteiger partial charge >= 0.3 is 0 Å². The van der Waals surface area contributed by atoms with E-state index in [9.17, 15) is 4.79 Å². The van der Waals surface area contributed by atoms with Crippen LogP contribution < -0.4 is 4.90 Å². The van der Waals surface area contributed by atoms with Crippen LogP contribution in [0.15, 0.2) is 72.8 Å². The van der Waals surface area contributed by atoms with Gasteiger partial charge in [-0.15, -0.1) is 0 Å². The first-order valence-electron chi connectivity index (χ1n) is 13.0. The topological polar surface area (TPSA) is 30.0 Å². The van der Waals surface area contributed by atoms with Crippen molar-refractivity contribution in [1.29, 1.82) is 0 Å². The van der Waals surface area contributed by atoms with E-state index in [1.807, 2.05) is 17.0 Å². The predicted molar refractivity (Wildman–Crippen MR) is 145 cm³/mol. The number of benzene rings is 3. The second kappa shape index (κ2) is 9.89. The van der Waals surface area contributed by atoms with Crippen LogP contribution in [-0.2, 0) is 6.54 Å². The minimum Gasteiger partial charge on any atom is -0.368 e. The summed E-state index contributed by atoms with van der Waals surface area (Å²) >= 11 is 6.10. The molecular weight excluding hydrogens is 468 g/mol. The third-order valence-electron chi connectivity index (χ3n) is 8.22. The number of amides is 1. The molecule has 36 heavy (non-hydrogen) atoms. The highest BCUT2D eigenvalue weighted by molar-refractivity contribution is 6.30. The summed E-state index contributed by atoms with van der Waals surface area (Å²) in [5, 5.41) is 5.62. The number of carbonyl (C=O) groups is 1. The highest BCUT2D eigenvalue weighted by atomic mass is 35.5. The van der Waals surface area contributed by atoms with E-state index >= 15 is 0 Å². The van der Waals surface area contributed by atoms with Gasteiger partial charge in [-0.3, -0.25) is 4.79 Å². The van der Waals surface area contributed by atoms with Crippen molar-refractivity contribution in [2.45, 2.75) is 31.3 Å². The molecule has 186 valence electrons. The summed E-state index contributed by atoms with van der Waals surface area (Å²) < 4.78 is 0. The van der Waals surface area contributed by atoms with Gasteiger partial charge in [0.2, 0.25) is 0 Å². The predicted octanol–water partition coefficient (Wildman–Crippen LogP) is 5.58. The van der Waals surface area contributed by atoms with Crippen LogP contribution in [0.4, 0.5) is 5.69 Å². The Labute approximate surface area is 218 Å². The average Bonchev–Trinajstić information content (AvgIpc) is 3.20. The van der Waals surface area contributed by atoms with Crippen molar-refractivity contribution in [1.82, 2.24) is 14.9 Å². The van der Waals surface area contributed by atoms with Crippen molar-refractivity contribution < 1.29 is 4.79 Å². The summed E-state index contributed by atoms with van der Waals surface area (Å²) in [5.74, 6) is 0.700. The third-order valence-corrected chi connectivity index (χ3v) is 8.46. The van der Waals surface area contributed by atoms with Crippen LogP contribution in [0.25, 0.3) is 0 Å². The van der Waals surface area contributed by atoms with E-state index in [4.69, 9.17) is 11.6 Å². The lowest BCUT2D eigenvalue weighted by Gasteiger charge is -2.38. The number of nitrogens with zero attached hydrogens (tertiary/aromatic N) is 4. The van der Waals surface area contributed by atoms with E-state index in [2.05, 4.69) is 70.5 Å². The summed E-state index contributed by atoms with van der Waals surface area (Å²) in [4.78, 5) is 17.3. The Balaban J connectivity index is 1.16. The first-order chi connectivity index (χ1) is 17.6. The molecule has 0 radical (unpaired) electrons. The van der Waals surface area contributed by atoms with E-state index in [0.29, 0.717) is 22.5 Å². The Bertz CT molecular complexity index is 1240. The molecule has 2 bridgehead atoms. The Morgan fingerprint density at radius 3 is 2.47 bits per heavy atom. The first-order valence-corrected chi connectivity index (χ1v) is 13.4. The normalized spacial score (nSPS) is 22.4. The van der Waals surface area contributed by atoms with E-state index in [-0.39, 0.29) is 5.91 Å². The fourth-order valence-electron chi connectivity index (χ4n) is 6.19. The van der Waals surface area contributed by atoms with E-state index in [0.717, 1.165) is 39.3 Å². The van der Waals surface area contributed by atoms with E-state index in [1.54, 1.807) is 12.1 Å². The van der Waals surface area contributed by atoms with Crippen LogP contribution in [0.3, 0.4) is 0 Å². The van der Waals surface area contributed by atoms with Crippen molar-refractivity contribution in [2.75, 3.05) is 44.7 Å². The molecule has 5 nitrogen and oxygen atoms in total. The number of hydrogen-bond donors (Lipinski definition) is 0. The summed E-state index contributed by atoms with van der Waals surface area (Å²) in [5.41, 5.74) is 6.32. The van der Waals surface area contributed by atoms with Gasteiger partial charge in [0.05, 0.1) is 6.04 Å². The molecule has 1 amide bonds. The molecule has 0 aromatic heterocycles. The van der Waals surface area contributed by atoms with E-state index < -0.39 is 0 Å². The summed E-state index contributed by atoms with van der Waals surface area (Å²) in [6.45, 7) is 5.18. The lowest BCUT2D eigenvalue weighted by molar-refractivity contribution is -0.0365. The van der Waals surface area contributed by atoms with Crippen molar-refractivity contribution in [3.63, 3.8) is 0 Å². The monoisotopic (exact) mass is 500 g/mol. The minimum atomic E-state index is 0.0660. The fourth-order valence-corrected chi connectivity index (χ4v) is 6.38. The summed E-state index contributed by atoms with van der Waals surface area (Å²) in [7, 11) is 2.26. The molecule has 0 unspecified atom stereocenters. The van der Waals surface area contributed by atoms with Gasteiger partial charge in [0.15, 0.2) is 0 Å². The number of piperazine rings is 1. The molecule has 0 saturated carbocycles. The van der Waals surface area contributed by atoms with Gasteiger partial charge in [0, 0.05) is 62.6 Å². The molecule has 2 saturated heterocycles. The Hall–Kier alpha value is -2.86. The molecule has 6 rings (SSSR count). The molecule has 2 heterocycles. The van der Waals surface area contributed by atoms with Gasteiger partial charge in [-0.05, 0) is 65.8 Å². The molecule has 3 aromatic carbocycles. The standard InChI is InChI=1S/C30H33ClN4O/c1-32-29-19-23(12-13-35(32)21-22-6-3-2-4-7-22)27-11-10-26(20-28(27)29)33-14-16-34(17-15-33)30(36)24-8-5-9-25(31)18-24/h2-11,18,20,23,29H,12-17,19,21H2,1H3/t23-,29-/m1/s1. The van der Waals surface area contributed by atoms with Crippen LogP contribution in [-0.4, -0.2) is 60.6 Å². The lowest BCUT2D eigenvalue weighted by Crippen LogP contribution is -2.48. The second-order valence-corrected chi connectivity index (χ2v) is 10.7. The maximum absolute atomic E-state index is 12.9. The molecule has 2 atom stereocenters. The van der Waals surface area contributed by atoms with Gasteiger partial charge in [-0.25, -0.2) is 10.0 Å². The zero-order chi connectivity index (χ0) is 24.6. The zero-order valence-corrected chi connectivity index (χ0v) is 21.6. The highest BCUT2D eigenvalue weighted by Gasteiger charge is 2.38. The SMILES string of the molecule is CN1[C@@H]2C[C@@H](CCN1Cc1ccccc1)c1ccc(N3CCN(C(=O)c4cccc(Cl)c4)CC3)cc12. The second-order valence-electron chi connectivity index (χ2n) is 10.3. The van der Waals surface area contributed by atoms with E-state index in [1.165, 1.54) is 35.2 Å². The van der Waals surface area contributed by atoms with Gasteiger partial charge in [-0.2, -0.15) is 0 Å². The Morgan fingerprint density at radius 2 is 1.69 bits per heavy atom. The molecular formula is C30H33ClN4O. The molecule has 2 aliphatic heterocycles. The molecule has 3 aromatic rings. The summed E-state index contributed by atoms with van der Waals surface area (Å²) in [6.07, 6.45) is 2.40. The molecule has 6 heteroatoms. The summed E-state index contributed by atoms with van der Waals surface area (Å²) in [6, 6.07) is 25.6. The lowest BCUT2D eigenvalue weighted by atomic mass is 9.97. The van der Waals surface area contributed by atoms with Gasteiger partial charge < -0.3 is 9.80 Å². The Morgan fingerprint density at radius 1 is 0.889 bits per heavy atom. The van der Waals surface area contributed by atoms with Crippen LogP contribution in [0.5, 0.6) is 0 Å². The number of fused-ring (bicyclic) bond motifs is 5. The van der Waals surface area contributed by atoms with Gasteiger partial charge in [0.1, 0.15) is 0 Å². The molecule has 0 N–H and O–H groups in total. The van der Waals surface area contributed by atoms with Crippen molar-refractivity contribution >= 4 is 23.2 Å². The average molecular weight is 501 g/mol. The van der Waals surface area contributed by atoms with Crippen molar-refractivity contribution in [3.8, 4) is 0 Å². The maximum atomic E-state index is 12.9. The van der Waals surface area contributed by atoms with Crippen LogP contribution >= 0.6 is 11.6 Å². The number of carbonyl (C=O) groups excluding carboxylic acids is 1. The number of hydrazine groups is 1. The van der Waals surface area contributed by atoms with Crippen LogP contribution in [0.2, 0.25) is 5.02 Å². The maximum Gasteiger partial charge on any atom is 0.254 e. The number of hydrogen-bond acceptors (Lipinski definition) is 4. The number of halogens is 1. The van der Waals surface area contributed by atoms with Gasteiger partial charge in [0.25, 0.3) is 5.91 Å². The molecule has 2 fully saturated rings. The van der Waals surface area contributed by atoms with Crippen molar-refractivity contribution in [3.05, 3.63) is 100 Å². The third kappa shape index (κ3) is 4.52. The number of rotatable bonds is 4. The number of anilines is 1. The fraction of sp³-hybridized carbons (Fsp3) is 0.367. The highest BCUT2D eigenvalue weighted by Crippen LogP contribution is 2.48. The minimum absolute atomic E-state index is 0.0660. The first kappa shape index (κ1) is 23.5. The quantitative estimate of drug-likeness (QED) is 0.467. The molecule has 3 aliphatic rings. The largest absolute Gasteiger partial charge is 0.368 e. The van der Waals surface area contributed by atoms with Crippen molar-refractivity contribution in [2.24, 2.45) is 0 Å². The van der Waals surface area contributed by atoms with Crippen LogP contribution in [0.1, 0.15) is 51.8 Å². The Kier molecular flexibility index (Phi) is 6.46. The van der Waals surface area contributed by atoms with Gasteiger partial charge in [-0.1, -0.05) is 54.1 Å².